The van der Waals surface area contributed by atoms with E-state index < -0.39 is 6.04 Å². The number of nitrogens with one attached hydrogen (secondary N) is 1. The molecule has 0 fully saturated rings. The van der Waals surface area contributed by atoms with Crippen molar-refractivity contribution in [1.29, 1.82) is 0 Å². The SMILES string of the molecule is O=[C][C@H](Cc1ccccc1)NO. The van der Waals surface area contributed by atoms with Crippen LogP contribution in [0.2, 0.25) is 0 Å². The van der Waals surface area contributed by atoms with Crippen LogP contribution in [0.25, 0.3) is 0 Å². The zero-order chi connectivity index (χ0) is 8.81. The van der Waals surface area contributed by atoms with E-state index in [2.05, 4.69) is 0 Å². The molecule has 0 aliphatic carbocycles. The van der Waals surface area contributed by atoms with Gasteiger partial charge in [-0.2, -0.15) is 5.48 Å². The summed E-state index contributed by atoms with van der Waals surface area (Å²) >= 11 is 0. The highest BCUT2D eigenvalue weighted by atomic mass is 16.5. The number of hydroxylamine groups is 1. The van der Waals surface area contributed by atoms with Crippen LogP contribution in [0, 0.1) is 0 Å². The number of hydrogen-bond donors (Lipinski definition) is 2. The van der Waals surface area contributed by atoms with Crippen LogP contribution in [0.1, 0.15) is 5.56 Å². The van der Waals surface area contributed by atoms with E-state index in [1.165, 1.54) is 0 Å². The van der Waals surface area contributed by atoms with Gasteiger partial charge < -0.3 is 5.21 Å². The molecule has 0 saturated heterocycles. The van der Waals surface area contributed by atoms with Crippen LogP contribution in [0.15, 0.2) is 30.3 Å². The quantitative estimate of drug-likeness (QED) is 0.643. The summed E-state index contributed by atoms with van der Waals surface area (Å²) in [6.07, 6.45) is 2.15. The van der Waals surface area contributed by atoms with E-state index in [1.807, 2.05) is 35.8 Å². The largest absolute Gasteiger partial charge is 0.316 e. The van der Waals surface area contributed by atoms with E-state index in [0.29, 0.717) is 6.42 Å². The van der Waals surface area contributed by atoms with Gasteiger partial charge in [0.2, 0.25) is 6.29 Å². The first-order chi connectivity index (χ1) is 5.86. The van der Waals surface area contributed by atoms with Crippen molar-refractivity contribution in [3.8, 4) is 0 Å². The van der Waals surface area contributed by atoms with Crippen LogP contribution in [0.4, 0.5) is 0 Å². The lowest BCUT2D eigenvalue weighted by Gasteiger charge is -2.05. The highest BCUT2D eigenvalue weighted by Crippen LogP contribution is 2.00. The first kappa shape index (κ1) is 8.90. The van der Waals surface area contributed by atoms with Crippen LogP contribution in [0.5, 0.6) is 0 Å². The van der Waals surface area contributed by atoms with Gasteiger partial charge in [-0.25, -0.2) is 0 Å². The van der Waals surface area contributed by atoms with Gasteiger partial charge in [0.05, 0.1) is 0 Å². The van der Waals surface area contributed by atoms with E-state index >= 15 is 0 Å². The van der Waals surface area contributed by atoms with Gasteiger partial charge in [-0.3, -0.25) is 4.79 Å². The Morgan fingerprint density at radius 2 is 2.08 bits per heavy atom. The molecule has 0 amide bonds. The van der Waals surface area contributed by atoms with Crippen molar-refractivity contribution >= 4 is 6.29 Å². The average Bonchev–Trinajstić information content (AvgIpc) is 2.16. The highest BCUT2D eigenvalue weighted by molar-refractivity contribution is 5.58. The average molecular weight is 164 g/mol. The molecule has 0 aliphatic heterocycles. The third-order valence-corrected chi connectivity index (χ3v) is 1.58. The second-order valence-corrected chi connectivity index (χ2v) is 2.49. The third kappa shape index (κ3) is 2.45. The van der Waals surface area contributed by atoms with Crippen LogP contribution in [-0.4, -0.2) is 17.5 Å². The van der Waals surface area contributed by atoms with Crippen molar-refractivity contribution in [1.82, 2.24) is 5.48 Å². The maximum Gasteiger partial charge on any atom is 0.219 e. The normalized spacial score (nSPS) is 12.4. The van der Waals surface area contributed by atoms with E-state index in [-0.39, 0.29) is 0 Å². The molecule has 0 heterocycles. The molecule has 0 saturated carbocycles. The Bertz CT molecular complexity index is 236. The molecule has 1 aromatic rings. The van der Waals surface area contributed by atoms with E-state index in [1.54, 1.807) is 6.29 Å². The van der Waals surface area contributed by atoms with Crippen molar-refractivity contribution in [3.05, 3.63) is 35.9 Å². The fraction of sp³-hybridized carbons (Fsp3) is 0.222. The molecule has 3 heteroatoms. The van der Waals surface area contributed by atoms with Gasteiger partial charge in [-0.1, -0.05) is 30.3 Å². The topological polar surface area (TPSA) is 49.3 Å². The van der Waals surface area contributed by atoms with Gasteiger partial charge in [0, 0.05) is 0 Å². The molecule has 0 bridgehead atoms. The number of benzene rings is 1. The van der Waals surface area contributed by atoms with Gasteiger partial charge in [-0.05, 0) is 12.0 Å². The lowest BCUT2D eigenvalue weighted by molar-refractivity contribution is 0.148. The van der Waals surface area contributed by atoms with Gasteiger partial charge in [0.25, 0.3) is 0 Å². The molecular weight excluding hydrogens is 154 g/mol. The monoisotopic (exact) mass is 164 g/mol. The molecule has 0 aromatic heterocycles. The molecular formula is C9H10NO2. The van der Waals surface area contributed by atoms with Gasteiger partial charge in [0.15, 0.2) is 0 Å². The Labute approximate surface area is 71.0 Å². The second-order valence-electron chi connectivity index (χ2n) is 2.49. The Morgan fingerprint density at radius 1 is 1.42 bits per heavy atom. The molecule has 0 aliphatic rings. The molecule has 2 N–H and O–H groups in total. The van der Waals surface area contributed by atoms with E-state index in [4.69, 9.17) is 5.21 Å². The summed E-state index contributed by atoms with van der Waals surface area (Å²) in [5.41, 5.74) is 2.87. The number of hydrogen-bond acceptors (Lipinski definition) is 3. The maximum atomic E-state index is 10.2. The Morgan fingerprint density at radius 3 is 2.58 bits per heavy atom. The van der Waals surface area contributed by atoms with Crippen molar-refractivity contribution in [3.63, 3.8) is 0 Å². The first-order valence-electron chi connectivity index (χ1n) is 3.68. The van der Waals surface area contributed by atoms with Crippen LogP contribution in [0.3, 0.4) is 0 Å². The highest BCUT2D eigenvalue weighted by Gasteiger charge is 2.06. The zero-order valence-electron chi connectivity index (χ0n) is 6.53. The number of rotatable bonds is 4. The lowest BCUT2D eigenvalue weighted by Crippen LogP contribution is -2.29. The second kappa shape index (κ2) is 4.64. The maximum absolute atomic E-state index is 10.2. The summed E-state index contributed by atoms with van der Waals surface area (Å²) in [4.78, 5) is 10.2. The fourth-order valence-electron chi connectivity index (χ4n) is 0.963. The Hall–Kier alpha value is -1.19. The van der Waals surface area contributed by atoms with Crippen molar-refractivity contribution in [2.45, 2.75) is 12.5 Å². The standard InChI is InChI=1S/C9H10NO2/c11-7-9(10-12)6-8-4-2-1-3-5-8/h1-5,9-10,12H,6H2/t9-/m0/s1. The molecule has 0 unspecified atom stereocenters. The molecule has 0 spiro atoms. The first-order valence-corrected chi connectivity index (χ1v) is 3.68. The summed E-state index contributed by atoms with van der Waals surface area (Å²) in [5, 5.41) is 8.47. The fourth-order valence-corrected chi connectivity index (χ4v) is 0.963. The van der Waals surface area contributed by atoms with Crippen LogP contribution in [-0.2, 0) is 11.2 Å². The number of carbonyl (C=O) groups excluding carboxylic acids is 1. The molecule has 3 nitrogen and oxygen atoms in total. The van der Waals surface area contributed by atoms with Crippen LogP contribution >= 0.6 is 0 Å². The molecule has 63 valence electrons. The zero-order valence-corrected chi connectivity index (χ0v) is 6.53. The summed E-state index contributed by atoms with van der Waals surface area (Å²) in [7, 11) is 0. The lowest BCUT2D eigenvalue weighted by atomic mass is 10.1. The van der Waals surface area contributed by atoms with Gasteiger partial charge in [0.1, 0.15) is 6.04 Å². The van der Waals surface area contributed by atoms with Crippen molar-refractivity contribution < 1.29 is 10.0 Å². The Kier molecular flexibility index (Phi) is 3.44. The summed E-state index contributed by atoms with van der Waals surface area (Å²) in [6.45, 7) is 0. The Balaban J connectivity index is 2.56. The molecule has 1 atom stereocenters. The molecule has 1 radical (unpaired) electrons. The van der Waals surface area contributed by atoms with E-state index in [0.717, 1.165) is 5.56 Å². The van der Waals surface area contributed by atoms with E-state index in [9.17, 15) is 4.79 Å². The molecule has 1 aromatic carbocycles. The van der Waals surface area contributed by atoms with Crippen molar-refractivity contribution in [2.75, 3.05) is 0 Å². The third-order valence-electron chi connectivity index (χ3n) is 1.58. The predicted molar refractivity (Wildman–Crippen MR) is 44.5 cm³/mol. The predicted octanol–water partition coefficient (Wildman–Crippen LogP) is 0.686. The van der Waals surface area contributed by atoms with Crippen LogP contribution < -0.4 is 5.48 Å². The van der Waals surface area contributed by atoms with Crippen molar-refractivity contribution in [2.24, 2.45) is 0 Å². The minimum atomic E-state index is -0.632. The minimum absolute atomic E-state index is 0.459. The molecule has 12 heavy (non-hydrogen) atoms. The smallest absolute Gasteiger partial charge is 0.219 e. The summed E-state index contributed by atoms with van der Waals surface area (Å²) in [5.74, 6) is 0. The van der Waals surface area contributed by atoms with Gasteiger partial charge in [-0.15, -0.1) is 0 Å². The van der Waals surface area contributed by atoms with Gasteiger partial charge >= 0.3 is 0 Å². The minimum Gasteiger partial charge on any atom is -0.316 e. The summed E-state index contributed by atoms with van der Waals surface area (Å²) in [6, 6.07) is 8.81. The summed E-state index contributed by atoms with van der Waals surface area (Å²) < 4.78 is 0. The molecule has 1 rings (SSSR count).